The molecule has 0 radical (unpaired) electrons. The molecule has 2 amide bonds. The number of aromatic nitrogens is 2. The van der Waals surface area contributed by atoms with Gasteiger partial charge >= 0.3 is 0 Å². The largest absolute Gasteiger partial charge is 0.337 e. The molecule has 2 aliphatic rings. The molecule has 8 nitrogen and oxygen atoms in total. The van der Waals surface area contributed by atoms with Gasteiger partial charge in [-0.1, -0.05) is 35.0 Å². The van der Waals surface area contributed by atoms with Crippen molar-refractivity contribution in [1.29, 1.82) is 0 Å². The SMILES string of the molecule is Cc1ccc(-c2noc(C(C)N3CCN(C(=O)c4ccc(NC(=O)C5CC5)cc4)CC3)n2)cc1. The Morgan fingerprint density at radius 3 is 2.32 bits per heavy atom. The summed E-state index contributed by atoms with van der Waals surface area (Å²) < 4.78 is 5.55. The highest BCUT2D eigenvalue weighted by atomic mass is 16.5. The Balaban J connectivity index is 1.15. The molecule has 0 spiro atoms. The number of amides is 2. The lowest BCUT2D eigenvalue weighted by Gasteiger charge is -2.36. The molecule has 34 heavy (non-hydrogen) atoms. The lowest BCUT2D eigenvalue weighted by molar-refractivity contribution is -0.117. The summed E-state index contributed by atoms with van der Waals surface area (Å²) in [5.41, 5.74) is 3.48. The van der Waals surface area contributed by atoms with Gasteiger partial charge in [0, 0.05) is 48.9 Å². The molecule has 176 valence electrons. The van der Waals surface area contributed by atoms with E-state index in [1.54, 1.807) is 24.3 Å². The Kier molecular flexibility index (Phi) is 6.15. The predicted octanol–water partition coefficient (Wildman–Crippen LogP) is 3.91. The van der Waals surface area contributed by atoms with Gasteiger partial charge in [-0.3, -0.25) is 14.5 Å². The quantitative estimate of drug-likeness (QED) is 0.601. The fraction of sp³-hybridized carbons (Fsp3) is 0.385. The van der Waals surface area contributed by atoms with Gasteiger partial charge in [0.25, 0.3) is 5.91 Å². The summed E-state index contributed by atoms with van der Waals surface area (Å²) >= 11 is 0. The predicted molar refractivity (Wildman–Crippen MR) is 128 cm³/mol. The maximum Gasteiger partial charge on any atom is 0.253 e. The van der Waals surface area contributed by atoms with Crippen LogP contribution in [0.4, 0.5) is 5.69 Å². The Morgan fingerprint density at radius 2 is 1.68 bits per heavy atom. The van der Waals surface area contributed by atoms with E-state index in [1.165, 1.54) is 5.56 Å². The zero-order valence-electron chi connectivity index (χ0n) is 19.5. The minimum Gasteiger partial charge on any atom is -0.337 e. The van der Waals surface area contributed by atoms with Crippen LogP contribution in [0.25, 0.3) is 11.4 Å². The average Bonchev–Trinajstić information content (AvgIpc) is 3.61. The number of rotatable bonds is 6. The molecule has 2 fully saturated rings. The normalized spacial score (nSPS) is 17.4. The number of carbonyl (C=O) groups excluding carboxylic acids is 2. The fourth-order valence-corrected chi connectivity index (χ4v) is 4.16. The smallest absolute Gasteiger partial charge is 0.253 e. The highest BCUT2D eigenvalue weighted by molar-refractivity contribution is 5.96. The first kappa shape index (κ1) is 22.3. The number of nitrogens with zero attached hydrogens (tertiary/aromatic N) is 4. The van der Waals surface area contributed by atoms with Gasteiger partial charge < -0.3 is 14.7 Å². The summed E-state index contributed by atoms with van der Waals surface area (Å²) in [6, 6.07) is 15.2. The van der Waals surface area contributed by atoms with Gasteiger partial charge in [-0.2, -0.15) is 4.98 Å². The topological polar surface area (TPSA) is 91.6 Å². The standard InChI is InChI=1S/C26H29N5O3/c1-17-3-5-19(6-4-17)23-28-25(34-29-23)18(2)30-13-15-31(16-14-30)26(33)21-9-11-22(12-10-21)27-24(32)20-7-8-20/h3-6,9-12,18,20H,7-8,13-16H2,1-2H3,(H,27,32). The molecule has 1 N–H and O–H groups in total. The molecule has 0 bridgehead atoms. The van der Waals surface area contributed by atoms with Gasteiger partial charge in [0.2, 0.25) is 17.6 Å². The average molecular weight is 460 g/mol. The van der Waals surface area contributed by atoms with E-state index in [0.29, 0.717) is 30.4 Å². The van der Waals surface area contributed by atoms with Crippen molar-refractivity contribution in [2.24, 2.45) is 5.92 Å². The molecule has 1 unspecified atom stereocenters. The van der Waals surface area contributed by atoms with Crippen LogP contribution in [0.1, 0.15) is 47.6 Å². The molecule has 1 aromatic heterocycles. The van der Waals surface area contributed by atoms with Crippen molar-refractivity contribution in [3.8, 4) is 11.4 Å². The maximum atomic E-state index is 13.0. The van der Waals surface area contributed by atoms with Gasteiger partial charge in [0.1, 0.15) is 0 Å². The fourth-order valence-electron chi connectivity index (χ4n) is 4.16. The second-order valence-corrected chi connectivity index (χ2v) is 9.17. The van der Waals surface area contributed by atoms with E-state index in [2.05, 4.69) is 27.3 Å². The summed E-state index contributed by atoms with van der Waals surface area (Å²) in [6.07, 6.45) is 1.93. The van der Waals surface area contributed by atoms with Crippen LogP contribution >= 0.6 is 0 Å². The van der Waals surface area contributed by atoms with E-state index in [4.69, 9.17) is 4.52 Å². The van der Waals surface area contributed by atoms with E-state index < -0.39 is 0 Å². The number of hydrogen-bond donors (Lipinski definition) is 1. The van der Waals surface area contributed by atoms with Crippen molar-refractivity contribution in [3.05, 3.63) is 65.5 Å². The number of hydrogen-bond acceptors (Lipinski definition) is 6. The number of nitrogens with one attached hydrogen (secondary N) is 1. The summed E-state index contributed by atoms with van der Waals surface area (Å²) in [5.74, 6) is 1.40. The number of benzene rings is 2. The van der Waals surface area contributed by atoms with E-state index in [-0.39, 0.29) is 23.8 Å². The lowest BCUT2D eigenvalue weighted by atomic mass is 10.1. The van der Waals surface area contributed by atoms with Crippen LogP contribution in [0.5, 0.6) is 0 Å². The first-order chi connectivity index (χ1) is 16.5. The summed E-state index contributed by atoms with van der Waals surface area (Å²) in [6.45, 7) is 6.81. The van der Waals surface area contributed by atoms with E-state index >= 15 is 0 Å². The van der Waals surface area contributed by atoms with Crippen LogP contribution in [0.3, 0.4) is 0 Å². The van der Waals surface area contributed by atoms with E-state index in [9.17, 15) is 9.59 Å². The van der Waals surface area contributed by atoms with Crippen molar-refractivity contribution < 1.29 is 14.1 Å². The highest BCUT2D eigenvalue weighted by Crippen LogP contribution is 2.30. The zero-order valence-corrected chi connectivity index (χ0v) is 19.5. The molecule has 3 aromatic rings. The van der Waals surface area contributed by atoms with Gasteiger partial charge in [-0.25, -0.2) is 0 Å². The molecule has 1 saturated carbocycles. The van der Waals surface area contributed by atoms with E-state index in [0.717, 1.165) is 37.2 Å². The van der Waals surface area contributed by atoms with Crippen LogP contribution in [0, 0.1) is 12.8 Å². The molecule has 8 heteroatoms. The van der Waals surface area contributed by atoms with Crippen LogP contribution in [0.15, 0.2) is 53.1 Å². The molecule has 5 rings (SSSR count). The summed E-state index contributed by atoms with van der Waals surface area (Å²) in [4.78, 5) is 33.6. The molecular weight excluding hydrogens is 430 g/mol. The minimum atomic E-state index is -0.0293. The summed E-state index contributed by atoms with van der Waals surface area (Å²) in [7, 11) is 0. The third-order valence-corrected chi connectivity index (χ3v) is 6.61. The number of carbonyl (C=O) groups is 2. The van der Waals surface area contributed by atoms with Gasteiger partial charge in [0.15, 0.2) is 0 Å². The van der Waals surface area contributed by atoms with Gasteiger partial charge in [-0.15, -0.1) is 0 Å². The Bertz CT molecular complexity index is 1160. The molecule has 2 aromatic carbocycles. The van der Waals surface area contributed by atoms with Crippen molar-refractivity contribution in [1.82, 2.24) is 19.9 Å². The highest BCUT2D eigenvalue weighted by Gasteiger charge is 2.30. The first-order valence-electron chi connectivity index (χ1n) is 11.8. The van der Waals surface area contributed by atoms with Crippen LogP contribution in [0.2, 0.25) is 0 Å². The monoisotopic (exact) mass is 459 g/mol. The summed E-state index contributed by atoms with van der Waals surface area (Å²) in [5, 5.41) is 7.06. The number of aryl methyl sites for hydroxylation is 1. The molecule has 1 aliphatic heterocycles. The molecule has 1 atom stereocenters. The van der Waals surface area contributed by atoms with E-state index in [1.807, 2.05) is 36.1 Å². The molecule has 1 aliphatic carbocycles. The molecule has 1 saturated heterocycles. The van der Waals surface area contributed by atoms with Crippen molar-refractivity contribution in [3.63, 3.8) is 0 Å². The molecular formula is C26H29N5O3. The molecule has 2 heterocycles. The Labute approximate surface area is 198 Å². The third-order valence-electron chi connectivity index (χ3n) is 6.61. The first-order valence-corrected chi connectivity index (χ1v) is 11.8. The number of piperazine rings is 1. The van der Waals surface area contributed by atoms with Crippen molar-refractivity contribution in [2.75, 3.05) is 31.5 Å². The lowest BCUT2D eigenvalue weighted by Crippen LogP contribution is -2.49. The van der Waals surface area contributed by atoms with Gasteiger partial charge in [-0.05, 0) is 51.0 Å². The second kappa shape index (κ2) is 9.38. The van der Waals surface area contributed by atoms with Crippen molar-refractivity contribution >= 4 is 17.5 Å². The van der Waals surface area contributed by atoms with Crippen LogP contribution in [-0.2, 0) is 4.79 Å². The van der Waals surface area contributed by atoms with Gasteiger partial charge in [0.05, 0.1) is 6.04 Å². The maximum absolute atomic E-state index is 13.0. The Morgan fingerprint density at radius 1 is 1.00 bits per heavy atom. The van der Waals surface area contributed by atoms with Crippen LogP contribution in [-0.4, -0.2) is 57.9 Å². The second-order valence-electron chi connectivity index (χ2n) is 9.17. The minimum absolute atomic E-state index is 0.00631. The zero-order chi connectivity index (χ0) is 23.7. The van der Waals surface area contributed by atoms with Crippen LogP contribution < -0.4 is 5.32 Å². The third kappa shape index (κ3) is 4.87. The van der Waals surface area contributed by atoms with Crippen molar-refractivity contribution in [2.45, 2.75) is 32.7 Å². The Hall–Kier alpha value is -3.52. The number of anilines is 1.